The van der Waals surface area contributed by atoms with Crippen LogP contribution in [0.2, 0.25) is 0 Å². The Hall–Kier alpha value is -3.80. The minimum absolute atomic E-state index is 0.132. The van der Waals surface area contributed by atoms with Crippen LogP contribution in [0.4, 0.5) is 5.69 Å². The molecule has 5 rings (SSSR count). The molecule has 2 aromatic heterocycles. The molecule has 34 heavy (non-hydrogen) atoms. The Balaban J connectivity index is 1.60. The van der Waals surface area contributed by atoms with Gasteiger partial charge >= 0.3 is 0 Å². The number of nitrogens with zero attached hydrogens (tertiary/aromatic N) is 5. The SMILES string of the molecule is CC1=CS/C(=C(\C#N)c2nc(-c3c(C)n(C)n(-c4ccccc4)c3=O)cs2)N1c1ccccc1. The highest BCUT2D eigenvalue weighted by Gasteiger charge is 2.27. The van der Waals surface area contributed by atoms with Crippen molar-refractivity contribution < 1.29 is 0 Å². The molecule has 4 aromatic rings. The fraction of sp³-hybridized carbons (Fsp3) is 0.115. The Labute approximate surface area is 205 Å². The number of hydrogen-bond acceptors (Lipinski definition) is 6. The second kappa shape index (κ2) is 8.86. The predicted octanol–water partition coefficient (Wildman–Crippen LogP) is 5.91. The van der Waals surface area contributed by atoms with Crippen molar-refractivity contribution in [1.82, 2.24) is 14.3 Å². The van der Waals surface area contributed by atoms with Gasteiger partial charge < -0.3 is 4.90 Å². The molecule has 168 valence electrons. The lowest BCUT2D eigenvalue weighted by molar-refractivity contribution is 0.630. The lowest BCUT2D eigenvalue weighted by Crippen LogP contribution is -2.20. The number of nitriles is 1. The molecule has 0 unspecified atom stereocenters. The zero-order chi connectivity index (χ0) is 23.8. The number of hydrogen-bond donors (Lipinski definition) is 0. The first kappa shape index (κ1) is 22.0. The molecule has 1 aliphatic heterocycles. The second-order valence-electron chi connectivity index (χ2n) is 7.81. The topological polar surface area (TPSA) is 66.8 Å². The smallest absolute Gasteiger partial charge is 0.281 e. The van der Waals surface area contributed by atoms with E-state index in [1.807, 2.05) is 97.0 Å². The highest BCUT2D eigenvalue weighted by atomic mass is 32.2. The molecule has 0 fully saturated rings. The highest BCUT2D eigenvalue weighted by molar-refractivity contribution is 8.06. The van der Waals surface area contributed by atoms with Gasteiger partial charge in [0.15, 0.2) is 0 Å². The van der Waals surface area contributed by atoms with E-state index in [9.17, 15) is 10.1 Å². The normalized spacial score (nSPS) is 14.8. The van der Waals surface area contributed by atoms with Gasteiger partial charge in [-0.3, -0.25) is 9.48 Å². The van der Waals surface area contributed by atoms with Gasteiger partial charge in [-0.2, -0.15) is 5.26 Å². The Bertz CT molecular complexity index is 1540. The first-order chi connectivity index (χ1) is 16.5. The van der Waals surface area contributed by atoms with Crippen LogP contribution in [-0.2, 0) is 7.05 Å². The Kier molecular flexibility index (Phi) is 5.74. The monoisotopic (exact) mass is 483 g/mol. The van der Waals surface area contributed by atoms with Crippen LogP contribution < -0.4 is 10.5 Å². The number of thioether (sulfide) groups is 1. The molecular weight excluding hydrogens is 462 g/mol. The van der Waals surface area contributed by atoms with Gasteiger partial charge in [0, 0.05) is 29.5 Å². The standard InChI is InChI=1S/C26H21N5OS2/c1-17-15-34-26(30(17)19-10-6-4-7-11-19)21(14-27)24-28-22(16-33-24)23-18(2)29(3)31(25(23)32)20-12-8-5-9-13-20/h4-13,15-16H,1-3H3/b26-21+. The Morgan fingerprint density at radius 1 is 1.00 bits per heavy atom. The number of thiazole rings is 1. The summed E-state index contributed by atoms with van der Waals surface area (Å²) in [4.78, 5) is 20.2. The summed E-state index contributed by atoms with van der Waals surface area (Å²) in [6, 6.07) is 21.9. The highest BCUT2D eigenvalue weighted by Crippen LogP contribution is 2.43. The summed E-state index contributed by atoms with van der Waals surface area (Å²) in [5.74, 6) is 0. The van der Waals surface area contributed by atoms with Crippen LogP contribution in [0.5, 0.6) is 0 Å². The van der Waals surface area contributed by atoms with Gasteiger partial charge in [0.05, 0.1) is 16.9 Å². The predicted molar refractivity (Wildman–Crippen MR) is 140 cm³/mol. The molecule has 0 spiro atoms. The Morgan fingerprint density at radius 3 is 2.29 bits per heavy atom. The van der Waals surface area contributed by atoms with Crippen LogP contribution in [0.25, 0.3) is 22.5 Å². The third-order valence-electron chi connectivity index (χ3n) is 5.77. The molecular formula is C26H21N5OS2. The summed E-state index contributed by atoms with van der Waals surface area (Å²) < 4.78 is 3.48. The molecule has 2 aromatic carbocycles. The Morgan fingerprint density at radius 2 is 1.65 bits per heavy atom. The lowest BCUT2D eigenvalue weighted by Gasteiger charge is -2.22. The fourth-order valence-electron chi connectivity index (χ4n) is 4.03. The molecule has 8 heteroatoms. The van der Waals surface area contributed by atoms with E-state index in [1.54, 1.807) is 4.68 Å². The quantitative estimate of drug-likeness (QED) is 0.337. The fourth-order valence-corrected chi connectivity index (χ4v) is 5.90. The van der Waals surface area contributed by atoms with E-state index in [1.165, 1.54) is 23.1 Å². The third kappa shape index (κ3) is 3.59. The maximum Gasteiger partial charge on any atom is 0.281 e. The third-order valence-corrected chi connectivity index (χ3v) is 7.69. The van der Waals surface area contributed by atoms with Crippen LogP contribution >= 0.6 is 23.1 Å². The van der Waals surface area contributed by atoms with Gasteiger partial charge in [-0.1, -0.05) is 48.2 Å². The van der Waals surface area contributed by atoms with Crippen molar-refractivity contribution in [3.8, 4) is 23.0 Å². The van der Waals surface area contributed by atoms with E-state index in [4.69, 9.17) is 4.98 Å². The van der Waals surface area contributed by atoms with Crippen molar-refractivity contribution in [2.75, 3.05) is 4.90 Å². The number of rotatable bonds is 4. The zero-order valence-electron chi connectivity index (χ0n) is 18.9. The number of allylic oxidation sites excluding steroid dienone is 2. The van der Waals surface area contributed by atoms with Gasteiger partial charge in [-0.15, -0.1) is 11.3 Å². The van der Waals surface area contributed by atoms with E-state index >= 15 is 0 Å². The average molecular weight is 484 g/mol. The maximum atomic E-state index is 13.4. The zero-order valence-corrected chi connectivity index (χ0v) is 20.5. The minimum Gasteiger partial charge on any atom is -0.307 e. The van der Waals surface area contributed by atoms with Crippen molar-refractivity contribution in [3.63, 3.8) is 0 Å². The van der Waals surface area contributed by atoms with Gasteiger partial charge in [-0.25, -0.2) is 9.67 Å². The van der Waals surface area contributed by atoms with Crippen molar-refractivity contribution in [3.05, 3.63) is 103 Å². The summed E-state index contributed by atoms with van der Waals surface area (Å²) in [7, 11) is 1.87. The van der Waals surface area contributed by atoms with E-state index in [2.05, 4.69) is 11.0 Å². The molecule has 0 radical (unpaired) electrons. The molecule has 0 aliphatic carbocycles. The van der Waals surface area contributed by atoms with Crippen LogP contribution in [0, 0.1) is 18.3 Å². The minimum atomic E-state index is -0.132. The molecule has 0 atom stereocenters. The van der Waals surface area contributed by atoms with Gasteiger partial charge in [-0.05, 0) is 43.5 Å². The molecule has 6 nitrogen and oxygen atoms in total. The first-order valence-electron chi connectivity index (χ1n) is 10.6. The van der Waals surface area contributed by atoms with Crippen LogP contribution in [0.3, 0.4) is 0 Å². The number of aromatic nitrogens is 3. The second-order valence-corrected chi connectivity index (χ2v) is 9.53. The van der Waals surface area contributed by atoms with Crippen molar-refractivity contribution >= 4 is 34.4 Å². The summed E-state index contributed by atoms with van der Waals surface area (Å²) in [5.41, 5.74) is 5.14. The van der Waals surface area contributed by atoms with E-state index in [0.717, 1.165) is 27.8 Å². The molecule has 3 heterocycles. The first-order valence-corrected chi connectivity index (χ1v) is 12.4. The number of para-hydroxylation sites is 2. The van der Waals surface area contributed by atoms with Gasteiger partial charge in [0.2, 0.25) is 0 Å². The van der Waals surface area contributed by atoms with Crippen LogP contribution in [-0.4, -0.2) is 14.3 Å². The van der Waals surface area contributed by atoms with Gasteiger partial charge in [0.1, 0.15) is 21.7 Å². The van der Waals surface area contributed by atoms with E-state index < -0.39 is 0 Å². The summed E-state index contributed by atoms with van der Waals surface area (Å²) in [6.45, 7) is 3.94. The maximum absolute atomic E-state index is 13.4. The van der Waals surface area contributed by atoms with E-state index in [0.29, 0.717) is 21.8 Å². The lowest BCUT2D eigenvalue weighted by atomic mass is 10.2. The summed E-state index contributed by atoms with van der Waals surface area (Å²) in [6.07, 6.45) is 0. The number of benzene rings is 2. The van der Waals surface area contributed by atoms with Crippen molar-refractivity contribution in [2.24, 2.45) is 7.05 Å². The van der Waals surface area contributed by atoms with Gasteiger partial charge in [0.25, 0.3) is 5.56 Å². The summed E-state index contributed by atoms with van der Waals surface area (Å²) in [5, 5.41) is 15.4. The molecule has 0 saturated heterocycles. The number of anilines is 1. The van der Waals surface area contributed by atoms with Crippen LogP contribution in [0.1, 0.15) is 17.6 Å². The molecule has 0 amide bonds. The molecule has 0 N–H and O–H groups in total. The average Bonchev–Trinajstić information content (AvgIpc) is 3.53. The van der Waals surface area contributed by atoms with Crippen molar-refractivity contribution in [2.45, 2.75) is 13.8 Å². The van der Waals surface area contributed by atoms with E-state index in [-0.39, 0.29) is 5.56 Å². The van der Waals surface area contributed by atoms with Crippen LogP contribution in [0.15, 0.2) is 87.0 Å². The summed E-state index contributed by atoms with van der Waals surface area (Å²) >= 11 is 2.89. The largest absolute Gasteiger partial charge is 0.307 e. The molecule has 0 bridgehead atoms. The molecule has 1 aliphatic rings. The molecule has 0 saturated carbocycles. The van der Waals surface area contributed by atoms with Crippen molar-refractivity contribution in [1.29, 1.82) is 5.26 Å².